The van der Waals surface area contributed by atoms with Crippen LogP contribution in [0.25, 0.3) is 0 Å². The number of hydrogen-bond donors (Lipinski definition) is 2. The summed E-state index contributed by atoms with van der Waals surface area (Å²) in [5.41, 5.74) is 2.54. The van der Waals surface area contributed by atoms with E-state index in [-0.39, 0.29) is 18.3 Å². The Morgan fingerprint density at radius 2 is 1.43 bits per heavy atom. The first kappa shape index (κ1) is 21.0. The summed E-state index contributed by atoms with van der Waals surface area (Å²) in [6.07, 6.45) is 0. The molecule has 3 aromatic carbocycles. The van der Waals surface area contributed by atoms with Gasteiger partial charge in [-0.15, -0.1) is 0 Å². The van der Waals surface area contributed by atoms with Gasteiger partial charge in [0, 0.05) is 37.6 Å². The molecule has 3 rings (SSSR count). The van der Waals surface area contributed by atoms with Gasteiger partial charge in [-0.2, -0.15) is 0 Å². The summed E-state index contributed by atoms with van der Waals surface area (Å²) in [6, 6.07) is 16.0. The van der Waals surface area contributed by atoms with Gasteiger partial charge in [-0.1, -0.05) is 12.1 Å². The van der Waals surface area contributed by atoms with Gasteiger partial charge in [0.2, 0.25) is 0 Å². The Kier molecular flexibility index (Phi) is 6.41. The molecule has 0 aliphatic carbocycles. The number of hydrogen-bond acceptors (Lipinski definition) is 3. The lowest BCUT2D eigenvalue weighted by Crippen LogP contribution is -2.25. The molecule has 0 atom stereocenters. The fraction of sp³-hybridized carbons (Fsp3) is 0.130. The van der Waals surface area contributed by atoms with Crippen molar-refractivity contribution in [1.29, 1.82) is 0 Å². The van der Waals surface area contributed by atoms with Crippen LogP contribution >= 0.6 is 0 Å². The van der Waals surface area contributed by atoms with Crippen molar-refractivity contribution in [2.75, 3.05) is 24.3 Å². The second-order valence-electron chi connectivity index (χ2n) is 6.90. The standard InChI is InChI=1S/C23H21F2N3O2/c1-28(2)21-12-11-19(27-22(29)16-5-9-18(25)10-6-16)13-20(21)23(30)26-14-15-3-7-17(24)8-4-15/h3-13H,14H2,1-2H3,(H,26,30)(H,27,29). The third-order valence-corrected chi connectivity index (χ3v) is 4.45. The largest absolute Gasteiger partial charge is 0.377 e. The SMILES string of the molecule is CN(C)c1ccc(NC(=O)c2ccc(F)cc2)cc1C(=O)NCc1ccc(F)cc1. The molecular formula is C23H21F2N3O2. The van der Waals surface area contributed by atoms with Gasteiger partial charge >= 0.3 is 0 Å². The van der Waals surface area contributed by atoms with Crippen molar-refractivity contribution in [3.8, 4) is 0 Å². The Bertz CT molecular complexity index is 1050. The van der Waals surface area contributed by atoms with Crippen LogP contribution in [0.3, 0.4) is 0 Å². The molecule has 3 aromatic rings. The highest BCUT2D eigenvalue weighted by molar-refractivity contribution is 6.06. The quantitative estimate of drug-likeness (QED) is 0.641. The Morgan fingerprint density at radius 1 is 0.833 bits per heavy atom. The molecule has 0 saturated heterocycles. The molecule has 154 valence electrons. The van der Waals surface area contributed by atoms with Gasteiger partial charge in [-0.3, -0.25) is 9.59 Å². The van der Waals surface area contributed by atoms with Crippen LogP contribution in [0.4, 0.5) is 20.2 Å². The number of nitrogens with zero attached hydrogens (tertiary/aromatic N) is 1. The molecule has 0 saturated carbocycles. The summed E-state index contributed by atoms with van der Waals surface area (Å²) in [7, 11) is 3.62. The number of rotatable bonds is 6. The van der Waals surface area contributed by atoms with E-state index >= 15 is 0 Å². The van der Waals surface area contributed by atoms with E-state index in [2.05, 4.69) is 10.6 Å². The third kappa shape index (κ3) is 5.20. The number of benzene rings is 3. The lowest BCUT2D eigenvalue weighted by Gasteiger charge is -2.18. The van der Waals surface area contributed by atoms with E-state index in [1.807, 2.05) is 14.1 Å². The van der Waals surface area contributed by atoms with Crippen LogP contribution < -0.4 is 15.5 Å². The molecule has 7 heteroatoms. The molecule has 0 heterocycles. The van der Waals surface area contributed by atoms with Crippen LogP contribution in [0, 0.1) is 11.6 Å². The Balaban J connectivity index is 1.77. The van der Waals surface area contributed by atoms with Gasteiger partial charge in [-0.25, -0.2) is 8.78 Å². The van der Waals surface area contributed by atoms with Crippen molar-refractivity contribution in [2.45, 2.75) is 6.54 Å². The van der Waals surface area contributed by atoms with Gasteiger partial charge in [0.05, 0.1) is 5.56 Å². The van der Waals surface area contributed by atoms with Crippen LogP contribution in [0.15, 0.2) is 66.7 Å². The maximum absolute atomic E-state index is 13.1. The molecule has 0 fully saturated rings. The van der Waals surface area contributed by atoms with Gasteiger partial charge in [0.25, 0.3) is 11.8 Å². The lowest BCUT2D eigenvalue weighted by molar-refractivity contribution is 0.0950. The second kappa shape index (κ2) is 9.17. The van der Waals surface area contributed by atoms with Crippen LogP contribution in [0.5, 0.6) is 0 Å². The minimum atomic E-state index is -0.429. The topological polar surface area (TPSA) is 61.4 Å². The molecule has 2 N–H and O–H groups in total. The molecule has 0 aromatic heterocycles. The Hall–Kier alpha value is -3.74. The van der Waals surface area contributed by atoms with Crippen LogP contribution in [0.2, 0.25) is 0 Å². The van der Waals surface area contributed by atoms with E-state index < -0.39 is 11.7 Å². The van der Waals surface area contributed by atoms with Gasteiger partial charge < -0.3 is 15.5 Å². The third-order valence-electron chi connectivity index (χ3n) is 4.45. The average Bonchev–Trinajstić information content (AvgIpc) is 2.73. The normalized spacial score (nSPS) is 10.4. The fourth-order valence-electron chi connectivity index (χ4n) is 2.87. The zero-order valence-corrected chi connectivity index (χ0v) is 16.6. The van der Waals surface area contributed by atoms with E-state index in [1.165, 1.54) is 36.4 Å². The molecule has 0 aliphatic rings. The average molecular weight is 409 g/mol. The minimum Gasteiger partial charge on any atom is -0.377 e. The molecule has 30 heavy (non-hydrogen) atoms. The van der Waals surface area contributed by atoms with Crippen LogP contribution in [-0.4, -0.2) is 25.9 Å². The number of anilines is 2. The van der Waals surface area contributed by atoms with Crippen molar-refractivity contribution in [3.63, 3.8) is 0 Å². The maximum Gasteiger partial charge on any atom is 0.255 e. The lowest BCUT2D eigenvalue weighted by atomic mass is 10.1. The molecule has 5 nitrogen and oxygen atoms in total. The van der Waals surface area contributed by atoms with Crippen molar-refractivity contribution in [2.24, 2.45) is 0 Å². The molecular weight excluding hydrogens is 388 g/mol. The summed E-state index contributed by atoms with van der Waals surface area (Å²) in [4.78, 5) is 27.0. The Labute approximate surface area is 173 Å². The number of amides is 2. The smallest absolute Gasteiger partial charge is 0.255 e. The molecule has 0 radical (unpaired) electrons. The molecule has 2 amide bonds. The zero-order valence-electron chi connectivity index (χ0n) is 16.6. The van der Waals surface area contributed by atoms with E-state index in [0.717, 1.165) is 5.56 Å². The van der Waals surface area contributed by atoms with Crippen LogP contribution in [0.1, 0.15) is 26.3 Å². The molecule has 0 aliphatic heterocycles. The van der Waals surface area contributed by atoms with Crippen LogP contribution in [-0.2, 0) is 6.54 Å². The maximum atomic E-state index is 13.1. The van der Waals surface area contributed by atoms with E-state index in [4.69, 9.17) is 0 Å². The van der Waals surface area contributed by atoms with E-state index in [9.17, 15) is 18.4 Å². The Morgan fingerprint density at radius 3 is 2.03 bits per heavy atom. The number of nitrogens with one attached hydrogen (secondary N) is 2. The fourth-order valence-corrected chi connectivity index (χ4v) is 2.87. The molecule has 0 unspecified atom stereocenters. The van der Waals surface area contributed by atoms with Gasteiger partial charge in [0.1, 0.15) is 11.6 Å². The highest BCUT2D eigenvalue weighted by atomic mass is 19.1. The van der Waals surface area contributed by atoms with E-state index in [1.54, 1.807) is 35.2 Å². The molecule has 0 bridgehead atoms. The first-order valence-electron chi connectivity index (χ1n) is 9.24. The summed E-state index contributed by atoms with van der Waals surface area (Å²) in [5, 5.41) is 5.52. The van der Waals surface area contributed by atoms with Crippen molar-refractivity contribution < 1.29 is 18.4 Å². The summed E-state index contributed by atoms with van der Waals surface area (Å²) < 4.78 is 26.1. The van der Waals surface area contributed by atoms with E-state index in [0.29, 0.717) is 22.5 Å². The monoisotopic (exact) mass is 409 g/mol. The second-order valence-corrected chi connectivity index (χ2v) is 6.90. The first-order chi connectivity index (χ1) is 14.3. The van der Waals surface area contributed by atoms with Crippen molar-refractivity contribution >= 4 is 23.2 Å². The van der Waals surface area contributed by atoms with Crippen molar-refractivity contribution in [3.05, 3.63) is 95.1 Å². The number of carbonyl (C=O) groups excluding carboxylic acids is 2. The van der Waals surface area contributed by atoms with Crippen molar-refractivity contribution in [1.82, 2.24) is 5.32 Å². The van der Waals surface area contributed by atoms with Gasteiger partial charge in [0.15, 0.2) is 0 Å². The first-order valence-corrected chi connectivity index (χ1v) is 9.24. The molecule has 0 spiro atoms. The predicted molar refractivity (Wildman–Crippen MR) is 113 cm³/mol. The highest BCUT2D eigenvalue weighted by Gasteiger charge is 2.15. The summed E-state index contributed by atoms with van der Waals surface area (Å²) >= 11 is 0. The predicted octanol–water partition coefficient (Wildman–Crippen LogP) is 4.21. The highest BCUT2D eigenvalue weighted by Crippen LogP contribution is 2.23. The number of halogens is 2. The summed E-state index contributed by atoms with van der Waals surface area (Å²) in [6.45, 7) is 0.234. The van der Waals surface area contributed by atoms with Gasteiger partial charge in [-0.05, 0) is 60.2 Å². The minimum absolute atomic E-state index is 0.234. The zero-order chi connectivity index (χ0) is 21.7. The summed E-state index contributed by atoms with van der Waals surface area (Å²) in [5.74, 6) is -1.52. The number of carbonyl (C=O) groups is 2.